The van der Waals surface area contributed by atoms with Crippen LogP contribution in [0.5, 0.6) is 0 Å². The molecule has 1 aromatic rings. The van der Waals surface area contributed by atoms with Crippen LogP contribution in [0.15, 0.2) is 24.3 Å². The maximum absolute atomic E-state index is 12.3. The Labute approximate surface area is 164 Å². The average molecular weight is 390 g/mol. The molecule has 2 rings (SSSR count). The van der Waals surface area contributed by atoms with E-state index in [0.717, 1.165) is 4.90 Å². The number of aliphatic carboxylic acids is 1. The molecule has 0 radical (unpaired) electrons. The third kappa shape index (κ3) is 4.88. The molecule has 0 fully saturated rings. The fraction of sp³-hybridized carbons (Fsp3) is 0.500. The first-order valence-electron chi connectivity index (χ1n) is 9.17. The Morgan fingerprint density at radius 1 is 1.11 bits per heavy atom. The molecule has 152 valence electrons. The lowest BCUT2D eigenvalue weighted by atomic mass is 10.1. The minimum Gasteiger partial charge on any atom is -0.480 e. The van der Waals surface area contributed by atoms with Crippen LogP contribution in [-0.2, 0) is 9.53 Å². The maximum atomic E-state index is 12.3. The molecule has 0 bridgehead atoms. The molecule has 0 saturated carbocycles. The van der Waals surface area contributed by atoms with Crippen LogP contribution in [0, 0.1) is 0 Å². The zero-order valence-electron chi connectivity index (χ0n) is 16.6. The van der Waals surface area contributed by atoms with Crippen LogP contribution in [0.25, 0.3) is 0 Å². The number of fused-ring (bicyclic) bond motifs is 1. The van der Waals surface area contributed by atoms with Gasteiger partial charge in [-0.25, -0.2) is 9.59 Å². The van der Waals surface area contributed by atoms with Gasteiger partial charge in [0.05, 0.1) is 11.1 Å². The van der Waals surface area contributed by atoms with E-state index in [1.807, 2.05) is 0 Å². The lowest BCUT2D eigenvalue weighted by Gasteiger charge is -2.28. The first-order valence-corrected chi connectivity index (χ1v) is 9.17. The largest absolute Gasteiger partial charge is 0.480 e. The van der Waals surface area contributed by atoms with Crippen molar-refractivity contribution < 1.29 is 29.0 Å². The minimum atomic E-state index is -1.13. The highest BCUT2D eigenvalue weighted by molar-refractivity contribution is 6.21. The predicted molar refractivity (Wildman–Crippen MR) is 101 cm³/mol. The van der Waals surface area contributed by atoms with E-state index in [2.05, 4.69) is 0 Å². The van der Waals surface area contributed by atoms with Gasteiger partial charge >= 0.3 is 12.1 Å². The van der Waals surface area contributed by atoms with Crippen LogP contribution in [0.2, 0.25) is 0 Å². The maximum Gasteiger partial charge on any atom is 0.410 e. The van der Waals surface area contributed by atoms with Crippen molar-refractivity contribution in [3.8, 4) is 0 Å². The molecular weight excluding hydrogens is 364 g/mol. The van der Waals surface area contributed by atoms with Crippen molar-refractivity contribution in [2.24, 2.45) is 0 Å². The number of carbonyl (C=O) groups excluding carboxylic acids is 3. The molecule has 1 aromatic carbocycles. The molecular formula is C20H26N2O6. The lowest BCUT2D eigenvalue weighted by Crippen LogP contribution is -2.44. The third-order valence-corrected chi connectivity index (χ3v) is 4.42. The van der Waals surface area contributed by atoms with Crippen LogP contribution < -0.4 is 0 Å². The van der Waals surface area contributed by atoms with E-state index in [1.165, 1.54) is 11.9 Å². The van der Waals surface area contributed by atoms with Crippen LogP contribution >= 0.6 is 0 Å². The number of hydrogen-bond donors (Lipinski definition) is 1. The molecule has 0 unspecified atom stereocenters. The SMILES string of the molecule is CN(C(=O)OC(C)(C)C)[C@@H](CCCCN1C(=O)c2ccccc2C1=O)C(=O)O. The first kappa shape index (κ1) is 21.4. The van der Waals surface area contributed by atoms with Gasteiger partial charge in [-0.05, 0) is 52.2 Å². The standard InChI is InChI=1S/C20H26N2O6/c1-20(2,3)28-19(27)21(4)15(18(25)26)11-7-8-12-22-16(23)13-9-5-6-10-14(13)17(22)24/h5-6,9-10,15H,7-8,11-12H2,1-4H3,(H,25,26)/t15-/m0/s1. The van der Waals surface area contributed by atoms with E-state index in [0.29, 0.717) is 24.0 Å². The van der Waals surface area contributed by atoms with Gasteiger partial charge in [0, 0.05) is 13.6 Å². The molecule has 0 aliphatic carbocycles. The molecule has 1 aliphatic heterocycles. The van der Waals surface area contributed by atoms with Gasteiger partial charge in [-0.3, -0.25) is 19.4 Å². The van der Waals surface area contributed by atoms with Gasteiger partial charge in [0.1, 0.15) is 11.6 Å². The van der Waals surface area contributed by atoms with E-state index in [-0.39, 0.29) is 24.8 Å². The number of benzene rings is 1. The Balaban J connectivity index is 1.89. The van der Waals surface area contributed by atoms with Crippen molar-refractivity contribution in [2.45, 2.75) is 51.7 Å². The summed E-state index contributed by atoms with van der Waals surface area (Å²) < 4.78 is 5.21. The van der Waals surface area contributed by atoms with Crippen LogP contribution in [0.1, 0.15) is 60.7 Å². The van der Waals surface area contributed by atoms with Gasteiger partial charge in [-0.1, -0.05) is 12.1 Å². The number of nitrogens with zero attached hydrogens (tertiary/aromatic N) is 2. The molecule has 3 amide bonds. The Kier molecular flexibility index (Phi) is 6.43. The summed E-state index contributed by atoms with van der Waals surface area (Å²) in [5.41, 5.74) is 0.0565. The second-order valence-electron chi connectivity index (χ2n) is 7.75. The van der Waals surface area contributed by atoms with Crippen molar-refractivity contribution in [1.29, 1.82) is 0 Å². The number of carbonyl (C=O) groups is 4. The van der Waals surface area contributed by atoms with Crippen molar-refractivity contribution in [1.82, 2.24) is 9.80 Å². The van der Waals surface area contributed by atoms with E-state index >= 15 is 0 Å². The zero-order valence-corrected chi connectivity index (χ0v) is 16.6. The van der Waals surface area contributed by atoms with Gasteiger partial charge in [0.25, 0.3) is 11.8 Å². The van der Waals surface area contributed by atoms with Gasteiger partial charge in [0.2, 0.25) is 0 Å². The van der Waals surface area contributed by atoms with Gasteiger partial charge in [-0.2, -0.15) is 0 Å². The summed E-state index contributed by atoms with van der Waals surface area (Å²) in [5.74, 6) is -1.79. The summed E-state index contributed by atoms with van der Waals surface area (Å²) in [5, 5.41) is 9.44. The monoisotopic (exact) mass is 390 g/mol. The van der Waals surface area contributed by atoms with Crippen molar-refractivity contribution in [3.05, 3.63) is 35.4 Å². The fourth-order valence-corrected chi connectivity index (χ4v) is 2.99. The molecule has 8 nitrogen and oxygen atoms in total. The number of hydrogen-bond acceptors (Lipinski definition) is 5. The summed E-state index contributed by atoms with van der Waals surface area (Å²) in [6.07, 6.45) is 0.351. The number of carboxylic acid groups (broad SMARTS) is 1. The normalized spacial score (nSPS) is 14.6. The average Bonchev–Trinajstić information content (AvgIpc) is 2.84. The van der Waals surface area contributed by atoms with Crippen LogP contribution in [-0.4, -0.2) is 64.0 Å². The summed E-state index contributed by atoms with van der Waals surface area (Å²) in [4.78, 5) is 50.5. The molecule has 1 aliphatic rings. The highest BCUT2D eigenvalue weighted by Gasteiger charge is 2.35. The zero-order chi connectivity index (χ0) is 21.1. The summed E-state index contributed by atoms with van der Waals surface area (Å²) in [6.45, 7) is 5.32. The Bertz CT molecular complexity index is 748. The molecule has 1 N–H and O–H groups in total. The number of likely N-dealkylation sites (N-methyl/N-ethyl adjacent to an activating group) is 1. The van der Waals surface area contributed by atoms with Gasteiger partial charge < -0.3 is 9.84 Å². The highest BCUT2D eigenvalue weighted by atomic mass is 16.6. The summed E-state index contributed by atoms with van der Waals surface area (Å²) in [6, 6.07) is 5.60. The molecule has 1 atom stereocenters. The quantitative estimate of drug-likeness (QED) is 0.567. The molecule has 28 heavy (non-hydrogen) atoms. The van der Waals surface area contributed by atoms with E-state index in [4.69, 9.17) is 4.74 Å². The van der Waals surface area contributed by atoms with Crippen LogP contribution in [0.3, 0.4) is 0 Å². The predicted octanol–water partition coefficient (Wildman–Crippen LogP) is 2.77. The second kappa shape index (κ2) is 8.41. The van der Waals surface area contributed by atoms with E-state index in [1.54, 1.807) is 45.0 Å². The molecule has 0 aromatic heterocycles. The van der Waals surface area contributed by atoms with Crippen LogP contribution in [0.4, 0.5) is 4.79 Å². The molecule has 8 heteroatoms. The number of imide groups is 1. The Morgan fingerprint density at radius 3 is 2.11 bits per heavy atom. The molecule has 1 heterocycles. The second-order valence-corrected chi connectivity index (χ2v) is 7.75. The van der Waals surface area contributed by atoms with Gasteiger partial charge in [-0.15, -0.1) is 0 Å². The van der Waals surface area contributed by atoms with Crippen molar-refractivity contribution >= 4 is 23.9 Å². The summed E-state index contributed by atoms with van der Waals surface area (Å²) >= 11 is 0. The van der Waals surface area contributed by atoms with Gasteiger partial charge in [0.15, 0.2) is 0 Å². The molecule has 0 spiro atoms. The van der Waals surface area contributed by atoms with E-state index in [9.17, 15) is 24.3 Å². The summed E-state index contributed by atoms with van der Waals surface area (Å²) in [7, 11) is 1.39. The third-order valence-electron chi connectivity index (χ3n) is 4.42. The lowest BCUT2D eigenvalue weighted by molar-refractivity contribution is -0.143. The smallest absolute Gasteiger partial charge is 0.410 e. The topological polar surface area (TPSA) is 104 Å². The Morgan fingerprint density at radius 2 is 1.64 bits per heavy atom. The number of unbranched alkanes of at least 4 members (excludes halogenated alkanes) is 1. The number of ether oxygens (including phenoxy) is 1. The number of carboxylic acids is 1. The number of amides is 3. The molecule has 0 saturated heterocycles. The van der Waals surface area contributed by atoms with Crippen molar-refractivity contribution in [2.75, 3.05) is 13.6 Å². The van der Waals surface area contributed by atoms with E-state index < -0.39 is 23.7 Å². The van der Waals surface area contributed by atoms with Crippen molar-refractivity contribution in [3.63, 3.8) is 0 Å². The highest BCUT2D eigenvalue weighted by Crippen LogP contribution is 2.23. The fourth-order valence-electron chi connectivity index (χ4n) is 2.99. The Hall–Kier alpha value is -2.90. The first-order chi connectivity index (χ1) is 13.0. The number of rotatable bonds is 7. The minimum absolute atomic E-state index is 0.189.